The molecule has 2 atom stereocenters. The Balaban J connectivity index is 2.30. The Bertz CT molecular complexity index is 282. The van der Waals surface area contributed by atoms with Crippen LogP contribution in [0.15, 0.2) is 0 Å². The van der Waals surface area contributed by atoms with Gasteiger partial charge in [-0.2, -0.15) is 0 Å². The summed E-state index contributed by atoms with van der Waals surface area (Å²) in [5, 5.41) is 2.59. The SMILES string of the molecule is C[C@@H]1CC(=O)O[C@@H]1CNC(=O)OC(C)(C)C. The molecule has 0 aromatic carbocycles. The molecule has 0 aliphatic carbocycles. The number of carbonyl (C=O) groups is 2. The Kier molecular flexibility index (Phi) is 3.78. The summed E-state index contributed by atoms with van der Waals surface area (Å²) >= 11 is 0. The van der Waals surface area contributed by atoms with Crippen LogP contribution in [0.2, 0.25) is 0 Å². The quantitative estimate of drug-likeness (QED) is 0.728. The van der Waals surface area contributed by atoms with Crippen LogP contribution in [0, 0.1) is 5.92 Å². The minimum absolute atomic E-state index is 0.141. The molecule has 1 N–H and O–H groups in total. The maximum atomic E-state index is 11.3. The van der Waals surface area contributed by atoms with E-state index in [4.69, 9.17) is 9.47 Å². The molecular weight excluding hydrogens is 210 g/mol. The van der Waals surface area contributed by atoms with Gasteiger partial charge in [0.1, 0.15) is 11.7 Å². The molecule has 1 aliphatic heterocycles. The number of esters is 1. The minimum Gasteiger partial charge on any atom is -0.460 e. The highest BCUT2D eigenvalue weighted by atomic mass is 16.6. The van der Waals surface area contributed by atoms with Gasteiger partial charge in [0.2, 0.25) is 0 Å². The summed E-state index contributed by atoms with van der Waals surface area (Å²) in [6, 6.07) is 0. The van der Waals surface area contributed by atoms with E-state index in [-0.39, 0.29) is 18.0 Å². The Morgan fingerprint density at radius 1 is 1.56 bits per heavy atom. The van der Waals surface area contributed by atoms with Crippen molar-refractivity contribution < 1.29 is 19.1 Å². The van der Waals surface area contributed by atoms with Crippen molar-refractivity contribution in [1.82, 2.24) is 5.32 Å². The molecule has 5 nitrogen and oxygen atoms in total. The van der Waals surface area contributed by atoms with Gasteiger partial charge >= 0.3 is 12.1 Å². The van der Waals surface area contributed by atoms with Gasteiger partial charge in [0.05, 0.1) is 13.0 Å². The third kappa shape index (κ3) is 4.08. The van der Waals surface area contributed by atoms with Gasteiger partial charge in [0, 0.05) is 5.92 Å². The second-order valence-electron chi connectivity index (χ2n) is 5.09. The molecule has 1 heterocycles. The standard InChI is InChI=1S/C11H19NO4/c1-7-5-9(13)15-8(7)6-12-10(14)16-11(2,3)4/h7-8H,5-6H2,1-4H3,(H,12,14)/t7-,8-/m1/s1. The number of nitrogens with one attached hydrogen (secondary N) is 1. The Morgan fingerprint density at radius 3 is 2.62 bits per heavy atom. The number of rotatable bonds is 2. The van der Waals surface area contributed by atoms with Crippen molar-refractivity contribution in [3.8, 4) is 0 Å². The molecule has 0 aromatic heterocycles. The molecule has 16 heavy (non-hydrogen) atoms. The molecule has 1 saturated heterocycles. The average molecular weight is 229 g/mol. The fourth-order valence-corrected chi connectivity index (χ4v) is 1.47. The van der Waals surface area contributed by atoms with E-state index in [1.54, 1.807) is 20.8 Å². The van der Waals surface area contributed by atoms with Crippen molar-refractivity contribution in [3.05, 3.63) is 0 Å². The monoisotopic (exact) mass is 229 g/mol. The topological polar surface area (TPSA) is 64.6 Å². The van der Waals surface area contributed by atoms with Crippen molar-refractivity contribution in [3.63, 3.8) is 0 Å². The normalized spacial score (nSPS) is 25.1. The van der Waals surface area contributed by atoms with Gasteiger partial charge in [-0.05, 0) is 20.8 Å². The maximum Gasteiger partial charge on any atom is 0.407 e. The number of ether oxygens (including phenoxy) is 2. The van der Waals surface area contributed by atoms with Crippen LogP contribution in [0.1, 0.15) is 34.1 Å². The van der Waals surface area contributed by atoms with Crippen molar-refractivity contribution >= 4 is 12.1 Å². The highest BCUT2D eigenvalue weighted by Crippen LogP contribution is 2.20. The molecular formula is C11H19NO4. The van der Waals surface area contributed by atoms with E-state index in [0.717, 1.165) is 0 Å². The Morgan fingerprint density at radius 2 is 2.19 bits per heavy atom. The second-order valence-corrected chi connectivity index (χ2v) is 5.09. The summed E-state index contributed by atoms with van der Waals surface area (Å²) in [4.78, 5) is 22.3. The van der Waals surface area contributed by atoms with Crippen LogP contribution in [-0.4, -0.2) is 30.3 Å². The fourth-order valence-electron chi connectivity index (χ4n) is 1.47. The van der Waals surface area contributed by atoms with E-state index in [2.05, 4.69) is 5.32 Å². The lowest BCUT2D eigenvalue weighted by Gasteiger charge is -2.21. The molecule has 0 unspecified atom stereocenters. The Labute approximate surface area is 95.5 Å². The van der Waals surface area contributed by atoms with Crippen molar-refractivity contribution in [1.29, 1.82) is 0 Å². The summed E-state index contributed by atoms with van der Waals surface area (Å²) in [6.07, 6.45) is -0.302. The zero-order valence-corrected chi connectivity index (χ0v) is 10.2. The molecule has 92 valence electrons. The van der Waals surface area contributed by atoms with Gasteiger partial charge in [-0.1, -0.05) is 6.92 Å². The van der Waals surface area contributed by atoms with Crippen LogP contribution >= 0.6 is 0 Å². The molecule has 1 aliphatic rings. The van der Waals surface area contributed by atoms with E-state index >= 15 is 0 Å². The highest BCUT2D eigenvalue weighted by Gasteiger charge is 2.31. The van der Waals surface area contributed by atoms with E-state index in [9.17, 15) is 9.59 Å². The van der Waals surface area contributed by atoms with E-state index in [0.29, 0.717) is 13.0 Å². The predicted molar refractivity (Wildman–Crippen MR) is 57.9 cm³/mol. The fraction of sp³-hybridized carbons (Fsp3) is 0.818. The summed E-state index contributed by atoms with van der Waals surface area (Å²) in [5.74, 6) is -0.0640. The van der Waals surface area contributed by atoms with Crippen LogP contribution < -0.4 is 5.32 Å². The van der Waals surface area contributed by atoms with E-state index in [1.807, 2.05) is 6.92 Å². The first-order valence-corrected chi connectivity index (χ1v) is 5.44. The zero-order chi connectivity index (χ0) is 12.3. The first kappa shape index (κ1) is 12.8. The number of carbonyl (C=O) groups excluding carboxylic acids is 2. The van der Waals surface area contributed by atoms with Gasteiger partial charge in [-0.25, -0.2) is 4.79 Å². The largest absolute Gasteiger partial charge is 0.460 e. The molecule has 0 bridgehead atoms. The summed E-state index contributed by atoms with van der Waals surface area (Å²) in [7, 11) is 0. The van der Waals surface area contributed by atoms with E-state index < -0.39 is 11.7 Å². The van der Waals surface area contributed by atoms with Crippen molar-refractivity contribution in [2.45, 2.75) is 45.8 Å². The van der Waals surface area contributed by atoms with Crippen molar-refractivity contribution in [2.75, 3.05) is 6.54 Å². The van der Waals surface area contributed by atoms with Crippen LogP contribution in [0.5, 0.6) is 0 Å². The smallest absolute Gasteiger partial charge is 0.407 e. The molecule has 1 amide bonds. The third-order valence-corrected chi connectivity index (χ3v) is 2.25. The zero-order valence-electron chi connectivity index (χ0n) is 10.2. The van der Waals surface area contributed by atoms with Crippen LogP contribution in [0.3, 0.4) is 0 Å². The molecule has 0 radical (unpaired) electrons. The third-order valence-electron chi connectivity index (χ3n) is 2.25. The minimum atomic E-state index is -0.512. The maximum absolute atomic E-state index is 11.3. The summed E-state index contributed by atoms with van der Waals surface area (Å²) in [5.41, 5.74) is -0.512. The number of cyclic esters (lactones) is 1. The second kappa shape index (κ2) is 4.72. The number of alkyl carbamates (subject to hydrolysis) is 1. The molecule has 1 fully saturated rings. The van der Waals surface area contributed by atoms with E-state index in [1.165, 1.54) is 0 Å². The molecule has 0 spiro atoms. The van der Waals surface area contributed by atoms with Gasteiger partial charge in [0.25, 0.3) is 0 Å². The highest BCUT2D eigenvalue weighted by molar-refractivity contribution is 5.72. The molecule has 0 aromatic rings. The van der Waals surface area contributed by atoms with Crippen LogP contribution in [0.4, 0.5) is 4.79 Å². The van der Waals surface area contributed by atoms with Gasteiger partial charge in [0.15, 0.2) is 0 Å². The molecule has 5 heteroatoms. The lowest BCUT2D eigenvalue weighted by molar-refractivity contribution is -0.141. The van der Waals surface area contributed by atoms with Gasteiger partial charge in [-0.15, -0.1) is 0 Å². The Hall–Kier alpha value is -1.26. The molecule has 1 rings (SSSR count). The van der Waals surface area contributed by atoms with Crippen LogP contribution in [0.25, 0.3) is 0 Å². The summed E-state index contributed by atoms with van der Waals surface area (Å²) in [6.45, 7) is 7.62. The first-order chi connectivity index (χ1) is 7.28. The lowest BCUT2D eigenvalue weighted by atomic mass is 10.0. The average Bonchev–Trinajstić information content (AvgIpc) is 2.38. The van der Waals surface area contributed by atoms with Crippen LogP contribution in [-0.2, 0) is 14.3 Å². The van der Waals surface area contributed by atoms with Gasteiger partial charge < -0.3 is 14.8 Å². The number of hydrogen-bond donors (Lipinski definition) is 1. The van der Waals surface area contributed by atoms with Crippen molar-refractivity contribution in [2.24, 2.45) is 5.92 Å². The summed E-state index contributed by atoms with van der Waals surface area (Å²) < 4.78 is 10.1. The first-order valence-electron chi connectivity index (χ1n) is 5.44. The predicted octanol–water partition coefficient (Wildman–Crippen LogP) is 1.46. The lowest BCUT2D eigenvalue weighted by Crippen LogP contribution is -2.38. The van der Waals surface area contributed by atoms with Gasteiger partial charge in [-0.3, -0.25) is 4.79 Å². The number of hydrogen-bond acceptors (Lipinski definition) is 4. The number of amides is 1. The molecule has 0 saturated carbocycles.